The van der Waals surface area contributed by atoms with Gasteiger partial charge in [0.25, 0.3) is 5.91 Å². The molecule has 4 N–H and O–H groups in total. The van der Waals surface area contributed by atoms with Crippen LogP contribution in [0, 0.1) is 19.8 Å². The van der Waals surface area contributed by atoms with Gasteiger partial charge in [-0.3, -0.25) is 4.79 Å². The molecule has 0 aliphatic carbocycles. The monoisotopic (exact) mass is 530 g/mol. The first kappa shape index (κ1) is 28.8. The van der Waals surface area contributed by atoms with Crippen molar-refractivity contribution in [3.05, 3.63) is 35.2 Å². The topological polar surface area (TPSA) is 149 Å². The number of anilines is 2. The molecule has 0 saturated heterocycles. The summed E-state index contributed by atoms with van der Waals surface area (Å²) in [4.78, 5) is 41.9. The van der Waals surface area contributed by atoms with Crippen molar-refractivity contribution in [2.24, 2.45) is 5.92 Å². The Kier molecular flexibility index (Phi) is 9.21. The number of nitrogens with one attached hydrogen (secondary N) is 3. The molecule has 0 radical (unpaired) electrons. The normalized spacial score (nSPS) is 18.1. The van der Waals surface area contributed by atoms with Gasteiger partial charge in [0, 0.05) is 31.2 Å². The highest BCUT2D eigenvalue weighted by Crippen LogP contribution is 2.31. The number of aryl methyl sites for hydroxylation is 2. The number of hydrogen-bond acceptors (Lipinski definition) is 7. The Morgan fingerprint density at radius 1 is 1.24 bits per heavy atom. The lowest BCUT2D eigenvalue weighted by atomic mass is 9.99. The summed E-state index contributed by atoms with van der Waals surface area (Å²) >= 11 is 0. The molecule has 12 heteroatoms. The molecule has 38 heavy (non-hydrogen) atoms. The van der Waals surface area contributed by atoms with E-state index < -0.39 is 18.2 Å². The number of rotatable bonds is 7. The molecule has 2 aromatic rings. The average Bonchev–Trinajstić information content (AvgIpc) is 3.17. The summed E-state index contributed by atoms with van der Waals surface area (Å²) in [6.45, 7) is 11.3. The molecule has 0 unspecified atom stereocenters. The van der Waals surface area contributed by atoms with E-state index >= 15 is 0 Å². The minimum absolute atomic E-state index is 0.0133. The van der Waals surface area contributed by atoms with Gasteiger partial charge in [0.1, 0.15) is 23.2 Å². The van der Waals surface area contributed by atoms with Crippen molar-refractivity contribution < 1.29 is 28.8 Å². The summed E-state index contributed by atoms with van der Waals surface area (Å²) in [5, 5.41) is 22.0. The number of likely N-dealkylation sites (N-methyl/N-ethyl adjacent to an activating group) is 1. The number of hydrogen-bond donors (Lipinski definition) is 4. The largest absolute Gasteiger partial charge is 0.487 e. The maximum atomic E-state index is 13.6. The molecule has 208 valence electrons. The molecular weight excluding hydrogens is 492 g/mol. The summed E-state index contributed by atoms with van der Waals surface area (Å²) < 4.78 is 11.4. The second-order valence-electron chi connectivity index (χ2n) is 10.1. The van der Waals surface area contributed by atoms with E-state index in [1.54, 1.807) is 55.8 Å². The van der Waals surface area contributed by atoms with Crippen LogP contribution in [0.15, 0.2) is 22.7 Å². The quantitative estimate of drug-likeness (QED) is 0.429. The summed E-state index contributed by atoms with van der Waals surface area (Å²) in [6, 6.07) is 3.60. The van der Waals surface area contributed by atoms with Gasteiger partial charge in [0.05, 0.1) is 24.8 Å². The van der Waals surface area contributed by atoms with E-state index in [2.05, 4.69) is 21.1 Å². The van der Waals surface area contributed by atoms with Crippen LogP contribution in [0.25, 0.3) is 0 Å². The standard InChI is InChI=1S/C26H38N6O6/c1-14(2)27-26(36)31(7)12-22-15(3)11-32(16(4)13-33)24(34)20-10-19(8-9-21(20)37-22)28-25(35)29-23-17(5)30-38-18(23)6/h8-10,14-16,22,33H,11-13H2,1-7H3,(H,27,36)(H2,28,29,35)/t15-,16+,22+/m0/s1. The maximum Gasteiger partial charge on any atom is 0.323 e. The van der Waals surface area contributed by atoms with E-state index in [4.69, 9.17) is 9.26 Å². The SMILES string of the molecule is Cc1noc(C)c1NC(=O)Nc1ccc2c(c1)C(=O)N([C@H](C)CO)C[C@H](C)[C@@H](CN(C)C(=O)NC(C)C)O2. The average molecular weight is 531 g/mol. The highest BCUT2D eigenvalue weighted by atomic mass is 16.5. The molecule has 1 aromatic carbocycles. The van der Waals surface area contributed by atoms with Crippen LogP contribution in [0.4, 0.5) is 21.0 Å². The van der Waals surface area contributed by atoms with Gasteiger partial charge in [-0.1, -0.05) is 12.1 Å². The molecule has 1 aliphatic heterocycles. The van der Waals surface area contributed by atoms with Crippen LogP contribution in [0.1, 0.15) is 49.5 Å². The molecule has 2 heterocycles. The molecular formula is C26H38N6O6. The van der Waals surface area contributed by atoms with Gasteiger partial charge in [-0.05, 0) is 52.8 Å². The van der Waals surface area contributed by atoms with Crippen molar-refractivity contribution in [2.75, 3.05) is 37.4 Å². The first-order valence-corrected chi connectivity index (χ1v) is 12.7. The van der Waals surface area contributed by atoms with E-state index in [1.165, 1.54) is 0 Å². The number of amides is 5. The first-order valence-electron chi connectivity index (χ1n) is 12.7. The molecule has 1 aromatic heterocycles. The third-order valence-electron chi connectivity index (χ3n) is 6.41. The van der Waals surface area contributed by atoms with Crippen molar-refractivity contribution in [3.8, 4) is 5.75 Å². The molecule has 12 nitrogen and oxygen atoms in total. The van der Waals surface area contributed by atoms with Crippen LogP contribution in [-0.4, -0.2) is 83.0 Å². The lowest BCUT2D eigenvalue weighted by Crippen LogP contribution is -2.51. The number of aromatic nitrogens is 1. The second kappa shape index (κ2) is 12.2. The molecule has 3 rings (SSSR count). The Morgan fingerprint density at radius 3 is 2.55 bits per heavy atom. The number of aliphatic hydroxyl groups excluding tert-OH is 1. The number of nitrogens with zero attached hydrogens (tertiary/aromatic N) is 3. The highest BCUT2D eigenvalue weighted by Gasteiger charge is 2.34. The van der Waals surface area contributed by atoms with E-state index in [0.717, 1.165) is 0 Å². The smallest absolute Gasteiger partial charge is 0.323 e. The Labute approximate surface area is 222 Å². The van der Waals surface area contributed by atoms with Gasteiger partial charge in [0.15, 0.2) is 5.76 Å². The van der Waals surface area contributed by atoms with Gasteiger partial charge in [-0.15, -0.1) is 0 Å². The zero-order chi connectivity index (χ0) is 28.1. The van der Waals surface area contributed by atoms with Crippen LogP contribution >= 0.6 is 0 Å². The van der Waals surface area contributed by atoms with Crippen molar-refractivity contribution >= 4 is 29.3 Å². The van der Waals surface area contributed by atoms with Gasteiger partial charge >= 0.3 is 12.1 Å². The molecule has 0 saturated carbocycles. The van der Waals surface area contributed by atoms with Crippen molar-refractivity contribution in [2.45, 2.75) is 59.7 Å². The fourth-order valence-electron chi connectivity index (χ4n) is 4.17. The lowest BCUT2D eigenvalue weighted by Gasteiger charge is -2.38. The van der Waals surface area contributed by atoms with Gasteiger partial charge < -0.3 is 40.1 Å². The van der Waals surface area contributed by atoms with Crippen LogP contribution in [0.5, 0.6) is 5.75 Å². The number of benzene rings is 1. The predicted molar refractivity (Wildman–Crippen MR) is 143 cm³/mol. The Balaban J connectivity index is 1.88. The second-order valence-corrected chi connectivity index (χ2v) is 10.1. The van der Waals surface area contributed by atoms with Crippen LogP contribution in [0.3, 0.4) is 0 Å². The molecule has 1 aliphatic rings. The Bertz CT molecular complexity index is 1150. The van der Waals surface area contributed by atoms with Crippen LogP contribution < -0.4 is 20.7 Å². The maximum absolute atomic E-state index is 13.6. The zero-order valence-corrected chi connectivity index (χ0v) is 23.0. The number of fused-ring (bicyclic) bond motifs is 1. The zero-order valence-electron chi connectivity index (χ0n) is 23.0. The molecule has 0 fully saturated rings. The highest BCUT2D eigenvalue weighted by molar-refractivity contribution is 6.03. The van der Waals surface area contributed by atoms with Crippen LogP contribution in [-0.2, 0) is 0 Å². The molecule has 3 atom stereocenters. The van der Waals surface area contributed by atoms with E-state index in [9.17, 15) is 19.5 Å². The number of carbonyl (C=O) groups is 3. The lowest BCUT2D eigenvalue weighted by molar-refractivity contribution is 0.0366. The minimum atomic E-state index is -0.525. The number of carbonyl (C=O) groups excluding carboxylic acids is 3. The van der Waals surface area contributed by atoms with Crippen molar-refractivity contribution in [1.82, 2.24) is 20.3 Å². The first-order chi connectivity index (χ1) is 17.9. The predicted octanol–water partition coefficient (Wildman–Crippen LogP) is 3.21. The number of aliphatic hydroxyl groups is 1. The number of ether oxygens (including phenoxy) is 1. The van der Waals surface area contributed by atoms with E-state index in [-0.39, 0.29) is 42.6 Å². The van der Waals surface area contributed by atoms with Crippen LogP contribution in [0.2, 0.25) is 0 Å². The fourth-order valence-corrected chi connectivity index (χ4v) is 4.17. The summed E-state index contributed by atoms with van der Waals surface area (Å²) in [6.07, 6.45) is -0.431. The Morgan fingerprint density at radius 2 is 1.95 bits per heavy atom. The summed E-state index contributed by atoms with van der Waals surface area (Å²) in [7, 11) is 1.69. The van der Waals surface area contributed by atoms with Gasteiger partial charge in [-0.25, -0.2) is 9.59 Å². The van der Waals surface area contributed by atoms with E-state index in [0.29, 0.717) is 35.1 Å². The fraction of sp³-hybridized carbons (Fsp3) is 0.538. The molecule has 5 amide bonds. The number of urea groups is 2. The third kappa shape index (κ3) is 6.74. The third-order valence-corrected chi connectivity index (χ3v) is 6.41. The van der Waals surface area contributed by atoms with E-state index in [1.807, 2.05) is 20.8 Å². The molecule has 0 spiro atoms. The summed E-state index contributed by atoms with van der Waals surface area (Å²) in [5.41, 5.74) is 1.63. The minimum Gasteiger partial charge on any atom is -0.487 e. The van der Waals surface area contributed by atoms with Gasteiger partial charge in [0.2, 0.25) is 0 Å². The van der Waals surface area contributed by atoms with Gasteiger partial charge in [-0.2, -0.15) is 0 Å². The van der Waals surface area contributed by atoms with Crippen molar-refractivity contribution in [1.29, 1.82) is 0 Å². The summed E-state index contributed by atoms with van der Waals surface area (Å²) in [5.74, 6) is 0.331. The Hall–Kier alpha value is -3.80. The molecule has 0 bridgehead atoms. The van der Waals surface area contributed by atoms with Crippen molar-refractivity contribution in [3.63, 3.8) is 0 Å².